The molecular formula is C13H22N4S. The fourth-order valence-electron chi connectivity index (χ4n) is 2.11. The molecule has 4 nitrogen and oxygen atoms in total. The quantitative estimate of drug-likeness (QED) is 0.886. The molecule has 100 valence electrons. The summed E-state index contributed by atoms with van der Waals surface area (Å²) in [5.41, 5.74) is 0. The van der Waals surface area contributed by atoms with Crippen LogP contribution in [0.15, 0.2) is 6.07 Å². The number of aromatic nitrogens is 2. The van der Waals surface area contributed by atoms with E-state index < -0.39 is 0 Å². The molecule has 1 saturated heterocycles. The number of hydrogen-bond donors (Lipinski definition) is 1. The standard InChI is InChI=1S/C13H22N4S/c1-4-11-15-12(14-5-2)8-13(16-11)17(3)10-6-7-18-9-10/h8,10H,4-7,9H2,1-3H3,(H,14,15,16). The monoisotopic (exact) mass is 266 g/mol. The third-order valence-corrected chi connectivity index (χ3v) is 4.39. The van der Waals surface area contributed by atoms with E-state index >= 15 is 0 Å². The summed E-state index contributed by atoms with van der Waals surface area (Å²) < 4.78 is 0. The van der Waals surface area contributed by atoms with Gasteiger partial charge in [-0.1, -0.05) is 6.92 Å². The van der Waals surface area contributed by atoms with Gasteiger partial charge in [-0.05, 0) is 19.1 Å². The van der Waals surface area contributed by atoms with Crippen LogP contribution in [0.2, 0.25) is 0 Å². The van der Waals surface area contributed by atoms with Gasteiger partial charge in [0.1, 0.15) is 17.5 Å². The van der Waals surface area contributed by atoms with Gasteiger partial charge in [-0.2, -0.15) is 11.8 Å². The molecule has 0 aromatic carbocycles. The molecule has 0 radical (unpaired) electrons. The molecule has 2 rings (SSSR count). The molecular weight excluding hydrogens is 244 g/mol. The van der Waals surface area contributed by atoms with Crippen molar-refractivity contribution in [1.82, 2.24) is 9.97 Å². The van der Waals surface area contributed by atoms with Gasteiger partial charge >= 0.3 is 0 Å². The van der Waals surface area contributed by atoms with E-state index in [1.165, 1.54) is 17.9 Å². The molecule has 1 aromatic heterocycles. The van der Waals surface area contributed by atoms with Gasteiger partial charge in [0.05, 0.1) is 0 Å². The van der Waals surface area contributed by atoms with Gasteiger partial charge < -0.3 is 10.2 Å². The maximum atomic E-state index is 4.64. The van der Waals surface area contributed by atoms with Crippen LogP contribution in [0.5, 0.6) is 0 Å². The van der Waals surface area contributed by atoms with Gasteiger partial charge in [0.15, 0.2) is 0 Å². The molecule has 0 aliphatic carbocycles. The molecule has 1 atom stereocenters. The molecule has 2 heterocycles. The number of nitrogens with zero attached hydrogens (tertiary/aromatic N) is 3. The predicted octanol–water partition coefficient (Wildman–Crippen LogP) is 2.41. The van der Waals surface area contributed by atoms with Crippen LogP contribution in [0.25, 0.3) is 0 Å². The summed E-state index contributed by atoms with van der Waals surface area (Å²) in [4.78, 5) is 11.4. The minimum absolute atomic E-state index is 0.615. The van der Waals surface area contributed by atoms with Crippen LogP contribution in [-0.2, 0) is 6.42 Å². The van der Waals surface area contributed by atoms with Crippen molar-refractivity contribution in [3.63, 3.8) is 0 Å². The summed E-state index contributed by atoms with van der Waals surface area (Å²) in [5.74, 6) is 5.38. The van der Waals surface area contributed by atoms with Crippen molar-refractivity contribution in [2.24, 2.45) is 0 Å². The third-order valence-electron chi connectivity index (χ3n) is 3.25. The summed E-state index contributed by atoms with van der Waals surface area (Å²) >= 11 is 2.03. The van der Waals surface area contributed by atoms with E-state index in [2.05, 4.69) is 47.1 Å². The van der Waals surface area contributed by atoms with Crippen LogP contribution in [0.4, 0.5) is 11.6 Å². The molecule has 1 aromatic rings. The first-order valence-electron chi connectivity index (χ1n) is 6.67. The summed E-state index contributed by atoms with van der Waals surface area (Å²) in [5, 5.41) is 3.29. The van der Waals surface area contributed by atoms with Crippen molar-refractivity contribution in [2.75, 3.05) is 35.3 Å². The molecule has 1 N–H and O–H groups in total. The molecule has 0 amide bonds. The Balaban J connectivity index is 2.21. The van der Waals surface area contributed by atoms with Crippen molar-refractivity contribution in [2.45, 2.75) is 32.7 Å². The number of nitrogens with one attached hydrogen (secondary N) is 1. The first-order valence-corrected chi connectivity index (χ1v) is 7.82. The first-order chi connectivity index (χ1) is 8.74. The minimum atomic E-state index is 0.615. The van der Waals surface area contributed by atoms with Crippen molar-refractivity contribution in [1.29, 1.82) is 0 Å². The largest absolute Gasteiger partial charge is 0.370 e. The number of aryl methyl sites for hydroxylation is 1. The number of thioether (sulfide) groups is 1. The Hall–Kier alpha value is -0.970. The molecule has 1 unspecified atom stereocenters. The van der Waals surface area contributed by atoms with E-state index in [1.807, 2.05) is 11.8 Å². The Kier molecular flexibility index (Phi) is 4.69. The highest BCUT2D eigenvalue weighted by molar-refractivity contribution is 7.99. The van der Waals surface area contributed by atoms with Crippen molar-refractivity contribution < 1.29 is 0 Å². The highest BCUT2D eigenvalue weighted by Crippen LogP contribution is 2.25. The van der Waals surface area contributed by atoms with Gasteiger partial charge in [-0.25, -0.2) is 9.97 Å². The van der Waals surface area contributed by atoms with Gasteiger partial charge in [0.2, 0.25) is 0 Å². The van der Waals surface area contributed by atoms with Crippen LogP contribution in [0.1, 0.15) is 26.1 Å². The molecule has 18 heavy (non-hydrogen) atoms. The van der Waals surface area contributed by atoms with E-state index in [9.17, 15) is 0 Å². The van der Waals surface area contributed by atoms with Crippen molar-refractivity contribution in [3.05, 3.63) is 11.9 Å². The second kappa shape index (κ2) is 6.27. The maximum absolute atomic E-state index is 4.64. The van der Waals surface area contributed by atoms with Crippen LogP contribution in [0, 0.1) is 0 Å². The van der Waals surface area contributed by atoms with Crippen LogP contribution >= 0.6 is 11.8 Å². The zero-order valence-electron chi connectivity index (χ0n) is 11.4. The Morgan fingerprint density at radius 3 is 2.89 bits per heavy atom. The lowest BCUT2D eigenvalue weighted by Gasteiger charge is -2.25. The predicted molar refractivity (Wildman–Crippen MR) is 79.7 cm³/mol. The average molecular weight is 266 g/mol. The molecule has 0 saturated carbocycles. The van der Waals surface area contributed by atoms with Gasteiger partial charge in [0.25, 0.3) is 0 Å². The van der Waals surface area contributed by atoms with Crippen LogP contribution in [0.3, 0.4) is 0 Å². The van der Waals surface area contributed by atoms with Gasteiger partial charge in [0, 0.05) is 37.9 Å². The fraction of sp³-hybridized carbons (Fsp3) is 0.692. The zero-order chi connectivity index (χ0) is 13.0. The molecule has 1 aliphatic rings. The zero-order valence-corrected chi connectivity index (χ0v) is 12.3. The Morgan fingerprint density at radius 2 is 2.28 bits per heavy atom. The smallest absolute Gasteiger partial charge is 0.134 e. The lowest BCUT2D eigenvalue weighted by atomic mass is 10.2. The van der Waals surface area contributed by atoms with E-state index in [0.29, 0.717) is 6.04 Å². The lowest BCUT2D eigenvalue weighted by Crippen LogP contribution is -2.32. The Morgan fingerprint density at radius 1 is 1.44 bits per heavy atom. The van der Waals surface area contributed by atoms with Crippen LogP contribution in [-0.4, -0.2) is 41.1 Å². The SMILES string of the molecule is CCNc1cc(N(C)C2CCSC2)nc(CC)n1. The number of hydrogen-bond acceptors (Lipinski definition) is 5. The molecule has 0 spiro atoms. The normalized spacial score (nSPS) is 18.9. The highest BCUT2D eigenvalue weighted by Gasteiger charge is 2.21. The second-order valence-electron chi connectivity index (χ2n) is 4.54. The summed E-state index contributed by atoms with van der Waals surface area (Å²) in [6.45, 7) is 5.08. The first kappa shape index (κ1) is 13.5. The van der Waals surface area contributed by atoms with Gasteiger partial charge in [-0.15, -0.1) is 0 Å². The van der Waals surface area contributed by atoms with E-state index in [-0.39, 0.29) is 0 Å². The Labute approximate surface area is 114 Å². The number of rotatable bonds is 5. The van der Waals surface area contributed by atoms with E-state index in [0.717, 1.165) is 30.4 Å². The van der Waals surface area contributed by atoms with Gasteiger partial charge in [-0.3, -0.25) is 0 Å². The van der Waals surface area contributed by atoms with Crippen LogP contribution < -0.4 is 10.2 Å². The number of anilines is 2. The molecule has 1 aliphatic heterocycles. The summed E-state index contributed by atoms with van der Waals surface area (Å²) in [7, 11) is 2.15. The van der Waals surface area contributed by atoms with E-state index in [4.69, 9.17) is 0 Å². The topological polar surface area (TPSA) is 41.0 Å². The average Bonchev–Trinajstić information content (AvgIpc) is 2.91. The van der Waals surface area contributed by atoms with Crippen molar-refractivity contribution in [3.8, 4) is 0 Å². The molecule has 1 fully saturated rings. The fourth-order valence-corrected chi connectivity index (χ4v) is 3.38. The Bertz CT molecular complexity index is 391. The lowest BCUT2D eigenvalue weighted by molar-refractivity contribution is 0.687. The minimum Gasteiger partial charge on any atom is -0.370 e. The third kappa shape index (κ3) is 3.07. The summed E-state index contributed by atoms with van der Waals surface area (Å²) in [6, 6.07) is 2.68. The second-order valence-corrected chi connectivity index (χ2v) is 5.69. The molecule has 5 heteroatoms. The van der Waals surface area contributed by atoms with E-state index in [1.54, 1.807) is 0 Å². The van der Waals surface area contributed by atoms with Crippen molar-refractivity contribution >= 4 is 23.4 Å². The highest BCUT2D eigenvalue weighted by atomic mass is 32.2. The maximum Gasteiger partial charge on any atom is 0.134 e. The molecule has 0 bridgehead atoms. The summed E-state index contributed by atoms with van der Waals surface area (Å²) in [6.07, 6.45) is 2.13.